The van der Waals surface area contributed by atoms with Gasteiger partial charge in [-0.2, -0.15) is 0 Å². The molecule has 2 N–H and O–H groups in total. The van der Waals surface area contributed by atoms with Gasteiger partial charge in [-0.25, -0.2) is 4.79 Å². The number of aromatic amines is 1. The summed E-state index contributed by atoms with van der Waals surface area (Å²) in [7, 11) is 0. The average molecular weight is 232 g/mol. The van der Waals surface area contributed by atoms with Crippen molar-refractivity contribution in [2.24, 2.45) is 0 Å². The van der Waals surface area contributed by atoms with Crippen LogP contribution in [0.3, 0.4) is 0 Å². The summed E-state index contributed by atoms with van der Waals surface area (Å²) in [6.07, 6.45) is 1.50. The fourth-order valence-corrected chi connectivity index (χ4v) is 1.47. The molecule has 5 nitrogen and oxygen atoms in total. The average Bonchev–Trinajstić information content (AvgIpc) is 2.55. The van der Waals surface area contributed by atoms with E-state index in [0.717, 1.165) is 5.57 Å². The molecule has 0 bridgehead atoms. The maximum Gasteiger partial charge on any atom is 0.417 e. The van der Waals surface area contributed by atoms with Gasteiger partial charge in [0.05, 0.1) is 5.52 Å². The van der Waals surface area contributed by atoms with Crippen LogP contribution < -0.4 is 11.1 Å². The summed E-state index contributed by atoms with van der Waals surface area (Å²) in [5.74, 6) is -0.706. The molecule has 1 heterocycles. The molecule has 0 saturated heterocycles. The lowest BCUT2D eigenvalue weighted by molar-refractivity contribution is -0.111. The zero-order chi connectivity index (χ0) is 12.4. The second-order valence-corrected chi connectivity index (χ2v) is 3.94. The predicted octanol–water partition coefficient (Wildman–Crippen LogP) is 2.03. The molecular formula is C12H12N2O3. The van der Waals surface area contributed by atoms with Crippen molar-refractivity contribution in [2.75, 3.05) is 5.32 Å². The van der Waals surface area contributed by atoms with Crippen LogP contribution in [-0.4, -0.2) is 10.9 Å². The Morgan fingerprint density at radius 2 is 2.18 bits per heavy atom. The van der Waals surface area contributed by atoms with E-state index in [-0.39, 0.29) is 5.91 Å². The summed E-state index contributed by atoms with van der Waals surface area (Å²) >= 11 is 0. The van der Waals surface area contributed by atoms with Crippen molar-refractivity contribution in [3.8, 4) is 0 Å². The Bertz CT molecular complexity index is 645. The first-order chi connectivity index (χ1) is 8.04. The third-order valence-corrected chi connectivity index (χ3v) is 2.11. The van der Waals surface area contributed by atoms with Gasteiger partial charge in [-0.3, -0.25) is 9.78 Å². The summed E-state index contributed by atoms with van der Waals surface area (Å²) in [5.41, 5.74) is 2.55. The number of rotatable bonds is 2. The molecule has 0 aliphatic heterocycles. The Labute approximate surface area is 97.1 Å². The molecule has 1 amide bonds. The van der Waals surface area contributed by atoms with Gasteiger partial charge < -0.3 is 9.73 Å². The van der Waals surface area contributed by atoms with E-state index in [1.165, 1.54) is 6.08 Å². The normalized spacial score (nSPS) is 10.2. The van der Waals surface area contributed by atoms with E-state index in [9.17, 15) is 9.59 Å². The maximum absolute atomic E-state index is 11.5. The van der Waals surface area contributed by atoms with E-state index in [1.807, 2.05) is 13.8 Å². The standard InChI is InChI=1S/C12H12N2O3/c1-7(2)5-11(15)13-8-3-4-10-9(6-8)14-12(16)17-10/h3-6H,1-2H3,(H,13,15)(H,14,16). The van der Waals surface area contributed by atoms with Crippen molar-refractivity contribution in [1.29, 1.82) is 0 Å². The first-order valence-corrected chi connectivity index (χ1v) is 5.13. The highest BCUT2D eigenvalue weighted by atomic mass is 16.4. The number of anilines is 1. The number of carbonyl (C=O) groups excluding carboxylic acids is 1. The molecule has 17 heavy (non-hydrogen) atoms. The molecule has 2 rings (SSSR count). The molecule has 0 aliphatic carbocycles. The summed E-state index contributed by atoms with van der Waals surface area (Å²) in [6, 6.07) is 4.96. The number of aromatic nitrogens is 1. The summed E-state index contributed by atoms with van der Waals surface area (Å²) < 4.78 is 4.86. The monoisotopic (exact) mass is 232 g/mol. The minimum atomic E-state index is -0.507. The van der Waals surface area contributed by atoms with Crippen molar-refractivity contribution in [3.63, 3.8) is 0 Å². The lowest BCUT2D eigenvalue weighted by atomic mass is 10.2. The molecule has 5 heteroatoms. The van der Waals surface area contributed by atoms with Crippen LogP contribution in [0.5, 0.6) is 0 Å². The minimum absolute atomic E-state index is 0.199. The van der Waals surface area contributed by atoms with Gasteiger partial charge in [0.25, 0.3) is 0 Å². The molecule has 0 radical (unpaired) electrons. The van der Waals surface area contributed by atoms with Gasteiger partial charge in [0.2, 0.25) is 5.91 Å². The number of fused-ring (bicyclic) bond motifs is 1. The van der Waals surface area contributed by atoms with Gasteiger partial charge in [-0.05, 0) is 32.0 Å². The highest BCUT2D eigenvalue weighted by molar-refractivity contribution is 6.00. The van der Waals surface area contributed by atoms with Gasteiger partial charge >= 0.3 is 5.76 Å². The van der Waals surface area contributed by atoms with E-state index in [4.69, 9.17) is 4.42 Å². The number of hydrogen-bond donors (Lipinski definition) is 2. The van der Waals surface area contributed by atoms with Crippen LogP contribution in [0.15, 0.2) is 39.1 Å². The summed E-state index contributed by atoms with van der Waals surface area (Å²) in [6.45, 7) is 3.69. The molecule has 0 aliphatic rings. The first kappa shape index (κ1) is 11.2. The number of amides is 1. The Balaban J connectivity index is 2.28. The zero-order valence-electron chi connectivity index (χ0n) is 9.53. The van der Waals surface area contributed by atoms with Crippen LogP contribution in [0.2, 0.25) is 0 Å². The predicted molar refractivity (Wildman–Crippen MR) is 64.9 cm³/mol. The Hall–Kier alpha value is -2.30. The highest BCUT2D eigenvalue weighted by Gasteiger charge is 2.03. The van der Waals surface area contributed by atoms with Crippen LogP contribution in [0.25, 0.3) is 11.1 Å². The second-order valence-electron chi connectivity index (χ2n) is 3.94. The van der Waals surface area contributed by atoms with Gasteiger partial charge in [-0.15, -0.1) is 0 Å². The van der Waals surface area contributed by atoms with Gasteiger partial charge in [0.15, 0.2) is 5.58 Å². The fraction of sp³-hybridized carbons (Fsp3) is 0.167. The van der Waals surface area contributed by atoms with Gasteiger partial charge in [0, 0.05) is 11.8 Å². The number of allylic oxidation sites excluding steroid dienone is 1. The van der Waals surface area contributed by atoms with Crippen molar-refractivity contribution in [2.45, 2.75) is 13.8 Å². The minimum Gasteiger partial charge on any atom is -0.408 e. The molecule has 88 valence electrons. The van der Waals surface area contributed by atoms with Gasteiger partial charge in [-0.1, -0.05) is 5.57 Å². The lowest BCUT2D eigenvalue weighted by Gasteiger charge is -2.01. The van der Waals surface area contributed by atoms with Gasteiger partial charge in [0.1, 0.15) is 0 Å². The van der Waals surface area contributed by atoms with Crippen molar-refractivity contribution in [3.05, 3.63) is 40.4 Å². The smallest absolute Gasteiger partial charge is 0.408 e. The molecular weight excluding hydrogens is 220 g/mol. The van der Waals surface area contributed by atoms with Crippen LogP contribution >= 0.6 is 0 Å². The number of carbonyl (C=O) groups is 1. The fourth-order valence-electron chi connectivity index (χ4n) is 1.47. The molecule has 0 unspecified atom stereocenters. The van der Waals surface area contributed by atoms with E-state index in [0.29, 0.717) is 16.8 Å². The number of hydrogen-bond acceptors (Lipinski definition) is 3. The molecule has 1 aromatic heterocycles. The Morgan fingerprint density at radius 1 is 1.41 bits per heavy atom. The SMILES string of the molecule is CC(C)=CC(=O)Nc1ccc2oc(=O)[nH]c2c1. The van der Waals surface area contributed by atoms with Crippen molar-refractivity contribution >= 4 is 22.7 Å². The van der Waals surface area contributed by atoms with E-state index in [2.05, 4.69) is 10.3 Å². The van der Waals surface area contributed by atoms with Crippen LogP contribution in [0.1, 0.15) is 13.8 Å². The van der Waals surface area contributed by atoms with Crippen LogP contribution in [-0.2, 0) is 4.79 Å². The molecule has 1 aromatic carbocycles. The Morgan fingerprint density at radius 3 is 2.88 bits per heavy atom. The van der Waals surface area contributed by atoms with E-state index in [1.54, 1.807) is 18.2 Å². The zero-order valence-corrected chi connectivity index (χ0v) is 9.53. The molecule has 0 fully saturated rings. The highest BCUT2D eigenvalue weighted by Crippen LogP contribution is 2.16. The van der Waals surface area contributed by atoms with E-state index >= 15 is 0 Å². The quantitative estimate of drug-likeness (QED) is 0.778. The lowest BCUT2D eigenvalue weighted by Crippen LogP contribution is -2.08. The van der Waals surface area contributed by atoms with Crippen LogP contribution in [0, 0.1) is 0 Å². The third kappa shape index (κ3) is 2.63. The summed E-state index contributed by atoms with van der Waals surface area (Å²) in [5, 5.41) is 2.70. The third-order valence-electron chi connectivity index (χ3n) is 2.11. The summed E-state index contributed by atoms with van der Waals surface area (Å²) in [4.78, 5) is 25.0. The van der Waals surface area contributed by atoms with Crippen molar-refractivity contribution < 1.29 is 9.21 Å². The molecule has 0 spiro atoms. The van der Waals surface area contributed by atoms with E-state index < -0.39 is 5.76 Å². The second kappa shape index (κ2) is 4.29. The number of nitrogens with one attached hydrogen (secondary N) is 2. The van der Waals surface area contributed by atoms with Crippen LogP contribution in [0.4, 0.5) is 5.69 Å². The number of benzene rings is 1. The number of oxazole rings is 1. The molecule has 0 atom stereocenters. The largest absolute Gasteiger partial charge is 0.417 e. The number of H-pyrrole nitrogens is 1. The molecule has 0 saturated carbocycles. The maximum atomic E-state index is 11.5. The molecule has 2 aromatic rings. The van der Waals surface area contributed by atoms with Crippen molar-refractivity contribution in [1.82, 2.24) is 4.98 Å². The Kier molecular flexibility index (Phi) is 2.82. The first-order valence-electron chi connectivity index (χ1n) is 5.13. The topological polar surface area (TPSA) is 75.1 Å².